The van der Waals surface area contributed by atoms with Crippen molar-refractivity contribution in [3.05, 3.63) is 51.6 Å². The molecule has 0 spiro atoms. The Morgan fingerprint density at radius 2 is 2.26 bits per heavy atom. The Labute approximate surface area is 122 Å². The molecule has 2 rings (SSSR count). The summed E-state index contributed by atoms with van der Waals surface area (Å²) in [7, 11) is 0. The Kier molecular flexibility index (Phi) is 4.68. The summed E-state index contributed by atoms with van der Waals surface area (Å²) in [5.41, 5.74) is 0.797. The van der Waals surface area contributed by atoms with Crippen LogP contribution in [0.4, 0.5) is 10.2 Å². The van der Waals surface area contributed by atoms with Gasteiger partial charge in [0.1, 0.15) is 0 Å². The molecule has 0 amide bonds. The molecule has 0 bridgehead atoms. The SMILES string of the molecule is OC[C@@H](Nc1nc(Cl)ncc1F)c1cccc(Br)c1. The van der Waals surface area contributed by atoms with Crippen LogP contribution in [0.5, 0.6) is 0 Å². The van der Waals surface area contributed by atoms with E-state index in [0.29, 0.717) is 0 Å². The maximum Gasteiger partial charge on any atom is 0.224 e. The Bertz CT molecular complexity index is 585. The Morgan fingerprint density at radius 3 is 2.95 bits per heavy atom. The average Bonchev–Trinajstić information content (AvgIpc) is 2.39. The number of benzene rings is 1. The predicted molar refractivity (Wildman–Crippen MR) is 74.6 cm³/mol. The number of halogens is 3. The minimum Gasteiger partial charge on any atom is -0.394 e. The number of nitrogens with zero attached hydrogens (tertiary/aromatic N) is 2. The molecule has 4 nitrogen and oxygen atoms in total. The second kappa shape index (κ2) is 6.27. The lowest BCUT2D eigenvalue weighted by Crippen LogP contribution is -2.17. The molecule has 1 aromatic carbocycles. The number of anilines is 1. The van der Waals surface area contributed by atoms with E-state index in [0.717, 1.165) is 16.2 Å². The van der Waals surface area contributed by atoms with Gasteiger partial charge in [-0.15, -0.1) is 0 Å². The summed E-state index contributed by atoms with van der Waals surface area (Å²) in [6, 6.07) is 6.85. The quantitative estimate of drug-likeness (QED) is 0.835. The van der Waals surface area contributed by atoms with Gasteiger partial charge in [-0.05, 0) is 29.3 Å². The van der Waals surface area contributed by atoms with Crippen molar-refractivity contribution < 1.29 is 9.50 Å². The van der Waals surface area contributed by atoms with Crippen molar-refractivity contribution in [2.45, 2.75) is 6.04 Å². The van der Waals surface area contributed by atoms with Crippen LogP contribution in [0.3, 0.4) is 0 Å². The van der Waals surface area contributed by atoms with E-state index in [1.807, 2.05) is 24.3 Å². The molecule has 1 aromatic heterocycles. The molecule has 0 aliphatic heterocycles. The molecule has 0 saturated carbocycles. The molecule has 1 atom stereocenters. The molecule has 0 aliphatic carbocycles. The average molecular weight is 347 g/mol. The summed E-state index contributed by atoms with van der Waals surface area (Å²) in [5, 5.41) is 12.2. The van der Waals surface area contributed by atoms with Crippen molar-refractivity contribution in [3.63, 3.8) is 0 Å². The number of rotatable bonds is 4. The third kappa shape index (κ3) is 3.62. The summed E-state index contributed by atoms with van der Waals surface area (Å²) in [5.74, 6) is -0.670. The second-order valence-electron chi connectivity index (χ2n) is 3.77. The molecule has 2 aromatic rings. The van der Waals surface area contributed by atoms with Crippen LogP contribution in [0, 0.1) is 5.82 Å². The van der Waals surface area contributed by atoms with Crippen molar-refractivity contribution in [2.24, 2.45) is 0 Å². The number of hydrogen-bond donors (Lipinski definition) is 2. The van der Waals surface area contributed by atoms with Crippen molar-refractivity contribution in [1.82, 2.24) is 9.97 Å². The zero-order valence-electron chi connectivity index (χ0n) is 9.65. The van der Waals surface area contributed by atoms with Gasteiger partial charge < -0.3 is 10.4 Å². The highest BCUT2D eigenvalue weighted by Crippen LogP contribution is 2.23. The second-order valence-corrected chi connectivity index (χ2v) is 5.02. The van der Waals surface area contributed by atoms with Crippen molar-refractivity contribution in [3.8, 4) is 0 Å². The Hall–Kier alpha value is -1.24. The van der Waals surface area contributed by atoms with E-state index in [1.54, 1.807) is 0 Å². The first-order chi connectivity index (χ1) is 9.10. The largest absolute Gasteiger partial charge is 0.394 e. The third-order valence-corrected chi connectivity index (χ3v) is 3.13. The molecule has 100 valence electrons. The van der Waals surface area contributed by atoms with Gasteiger partial charge in [0.25, 0.3) is 0 Å². The Morgan fingerprint density at radius 1 is 1.47 bits per heavy atom. The van der Waals surface area contributed by atoms with Crippen LogP contribution in [0.25, 0.3) is 0 Å². The molecule has 0 fully saturated rings. The van der Waals surface area contributed by atoms with Gasteiger partial charge in [0.2, 0.25) is 5.28 Å². The van der Waals surface area contributed by atoms with Gasteiger partial charge in [-0.25, -0.2) is 9.37 Å². The molecule has 0 saturated heterocycles. The van der Waals surface area contributed by atoms with E-state index in [2.05, 4.69) is 31.2 Å². The highest BCUT2D eigenvalue weighted by atomic mass is 79.9. The van der Waals surface area contributed by atoms with E-state index >= 15 is 0 Å². The smallest absolute Gasteiger partial charge is 0.224 e. The van der Waals surface area contributed by atoms with Gasteiger partial charge in [0.15, 0.2) is 11.6 Å². The van der Waals surface area contributed by atoms with E-state index in [9.17, 15) is 9.50 Å². The summed E-state index contributed by atoms with van der Waals surface area (Å²) >= 11 is 8.96. The molecular weight excluding hydrogens is 337 g/mol. The van der Waals surface area contributed by atoms with E-state index in [1.165, 1.54) is 0 Å². The van der Waals surface area contributed by atoms with Crippen molar-refractivity contribution >= 4 is 33.3 Å². The number of nitrogens with one attached hydrogen (secondary N) is 1. The van der Waals surface area contributed by atoms with Crippen molar-refractivity contribution in [2.75, 3.05) is 11.9 Å². The summed E-state index contributed by atoms with van der Waals surface area (Å²) < 4.78 is 14.4. The number of hydrogen-bond acceptors (Lipinski definition) is 4. The van der Waals surface area contributed by atoms with Gasteiger partial charge in [-0.1, -0.05) is 28.1 Å². The van der Waals surface area contributed by atoms with Crippen LogP contribution < -0.4 is 5.32 Å². The molecule has 0 aliphatic rings. The summed E-state index contributed by atoms with van der Waals surface area (Å²) in [4.78, 5) is 7.28. The maximum atomic E-state index is 13.5. The zero-order chi connectivity index (χ0) is 13.8. The van der Waals surface area contributed by atoms with E-state index < -0.39 is 11.9 Å². The van der Waals surface area contributed by atoms with Crippen LogP contribution >= 0.6 is 27.5 Å². The fraction of sp³-hybridized carbons (Fsp3) is 0.167. The standard InChI is InChI=1S/C12H10BrClFN3O/c13-8-3-1-2-7(4-8)10(6-19)17-11-9(15)5-16-12(14)18-11/h1-5,10,19H,6H2,(H,16,17,18)/t10-/m1/s1. The molecule has 2 N–H and O–H groups in total. The zero-order valence-corrected chi connectivity index (χ0v) is 12.0. The fourth-order valence-corrected chi connectivity index (χ4v) is 2.12. The van der Waals surface area contributed by atoms with Crippen LogP contribution in [0.1, 0.15) is 11.6 Å². The normalized spacial score (nSPS) is 12.2. The lowest BCUT2D eigenvalue weighted by molar-refractivity contribution is 0.275. The van der Waals surface area contributed by atoms with Gasteiger partial charge in [-0.2, -0.15) is 4.98 Å². The van der Waals surface area contributed by atoms with Gasteiger partial charge in [0, 0.05) is 4.47 Å². The summed E-state index contributed by atoms with van der Waals surface area (Å²) in [6.45, 7) is -0.211. The third-order valence-electron chi connectivity index (χ3n) is 2.46. The molecule has 19 heavy (non-hydrogen) atoms. The van der Waals surface area contributed by atoms with E-state index in [4.69, 9.17) is 11.6 Å². The minimum absolute atomic E-state index is 0.0426. The van der Waals surface area contributed by atoms with Gasteiger partial charge in [0.05, 0.1) is 18.8 Å². The predicted octanol–water partition coefficient (Wildman–Crippen LogP) is 3.18. The molecular formula is C12H10BrClFN3O. The van der Waals surface area contributed by atoms with Crippen LogP contribution in [0.15, 0.2) is 34.9 Å². The molecule has 7 heteroatoms. The maximum absolute atomic E-state index is 13.5. The molecule has 0 unspecified atom stereocenters. The van der Waals surface area contributed by atoms with Crippen LogP contribution in [-0.2, 0) is 0 Å². The lowest BCUT2D eigenvalue weighted by Gasteiger charge is -2.17. The topological polar surface area (TPSA) is 58.0 Å². The van der Waals surface area contributed by atoms with E-state index in [-0.39, 0.29) is 17.7 Å². The van der Waals surface area contributed by atoms with Crippen LogP contribution in [-0.4, -0.2) is 21.7 Å². The first kappa shape index (κ1) is 14.2. The highest BCUT2D eigenvalue weighted by Gasteiger charge is 2.14. The number of aliphatic hydroxyl groups excluding tert-OH is 1. The minimum atomic E-state index is -0.627. The number of aliphatic hydroxyl groups is 1. The first-order valence-corrected chi connectivity index (χ1v) is 6.58. The van der Waals surface area contributed by atoms with Gasteiger partial charge in [-0.3, -0.25) is 0 Å². The Balaban J connectivity index is 2.26. The van der Waals surface area contributed by atoms with Crippen molar-refractivity contribution in [1.29, 1.82) is 0 Å². The molecule has 0 radical (unpaired) electrons. The number of aromatic nitrogens is 2. The highest BCUT2D eigenvalue weighted by molar-refractivity contribution is 9.10. The molecule has 1 heterocycles. The summed E-state index contributed by atoms with van der Waals surface area (Å²) in [6.07, 6.45) is 0.979. The lowest BCUT2D eigenvalue weighted by atomic mass is 10.1. The first-order valence-electron chi connectivity index (χ1n) is 5.41. The van der Waals surface area contributed by atoms with Crippen LogP contribution in [0.2, 0.25) is 5.28 Å². The van der Waals surface area contributed by atoms with Gasteiger partial charge >= 0.3 is 0 Å². The fourth-order valence-electron chi connectivity index (χ4n) is 1.57. The monoisotopic (exact) mass is 345 g/mol.